The van der Waals surface area contributed by atoms with E-state index in [0.29, 0.717) is 6.79 Å². The summed E-state index contributed by atoms with van der Waals surface area (Å²) in [5.74, 6) is 3.49. The number of nitrogens with one attached hydrogen (secondary N) is 1. The summed E-state index contributed by atoms with van der Waals surface area (Å²) in [6.45, 7) is 1.20. The first-order chi connectivity index (χ1) is 11.4. The van der Waals surface area contributed by atoms with Crippen LogP contribution in [0.5, 0.6) is 11.5 Å². The van der Waals surface area contributed by atoms with Gasteiger partial charge in [-0.3, -0.25) is 0 Å². The van der Waals surface area contributed by atoms with Crippen LogP contribution < -0.4 is 14.8 Å². The first-order valence-electron chi connectivity index (χ1n) is 8.44. The summed E-state index contributed by atoms with van der Waals surface area (Å²) in [6.07, 6.45) is 5.64. The van der Waals surface area contributed by atoms with Gasteiger partial charge >= 0.3 is 0 Å². The van der Waals surface area contributed by atoms with E-state index in [-0.39, 0.29) is 0 Å². The fraction of sp³-hybridized carbons (Fsp3) is 0.500. The summed E-state index contributed by atoms with van der Waals surface area (Å²) in [4.78, 5) is 4.80. The van der Waals surface area contributed by atoms with Crippen LogP contribution in [0.1, 0.15) is 31.4 Å². The van der Waals surface area contributed by atoms with Gasteiger partial charge in [-0.1, -0.05) is 0 Å². The lowest BCUT2D eigenvalue weighted by Gasteiger charge is -2.16. The Morgan fingerprint density at radius 2 is 1.91 bits per heavy atom. The van der Waals surface area contributed by atoms with Gasteiger partial charge in [-0.15, -0.1) is 11.3 Å². The molecule has 2 saturated carbocycles. The predicted octanol–water partition coefficient (Wildman–Crippen LogP) is 3.82. The zero-order chi connectivity index (χ0) is 15.2. The second-order valence-corrected chi connectivity index (χ2v) is 7.65. The van der Waals surface area contributed by atoms with Crippen LogP contribution in [0.15, 0.2) is 23.6 Å². The van der Waals surface area contributed by atoms with Crippen molar-refractivity contribution >= 4 is 11.3 Å². The van der Waals surface area contributed by atoms with Crippen molar-refractivity contribution in [2.45, 2.75) is 38.3 Å². The smallest absolute Gasteiger partial charge is 0.231 e. The quantitative estimate of drug-likeness (QED) is 0.875. The molecule has 2 fully saturated rings. The Bertz CT molecular complexity index is 710. The van der Waals surface area contributed by atoms with E-state index in [9.17, 15) is 0 Å². The van der Waals surface area contributed by atoms with E-state index in [1.165, 1.54) is 25.7 Å². The highest BCUT2D eigenvalue weighted by Crippen LogP contribution is 2.44. The molecule has 1 aliphatic heterocycles. The standard InChI is InChI=1S/C18H20N2O2S/c1-2-11(1)17(12-3-4-12)19-8-14-9-23-18(20-14)13-5-6-15-16(7-13)22-10-21-15/h5-7,9,11-12,17,19H,1-4,8,10H2. The zero-order valence-corrected chi connectivity index (χ0v) is 13.8. The summed E-state index contributed by atoms with van der Waals surface area (Å²) >= 11 is 1.70. The molecule has 3 aliphatic rings. The van der Waals surface area contributed by atoms with Crippen LogP contribution in [0.4, 0.5) is 0 Å². The van der Waals surface area contributed by atoms with E-state index < -0.39 is 0 Å². The van der Waals surface area contributed by atoms with E-state index in [4.69, 9.17) is 14.5 Å². The third-order valence-electron chi connectivity index (χ3n) is 4.95. The molecule has 2 heterocycles. The van der Waals surface area contributed by atoms with Crippen LogP contribution in [0.2, 0.25) is 0 Å². The number of aromatic nitrogens is 1. The van der Waals surface area contributed by atoms with Gasteiger partial charge in [-0.05, 0) is 55.7 Å². The molecule has 0 atom stereocenters. The monoisotopic (exact) mass is 328 g/mol. The molecule has 1 N–H and O–H groups in total. The number of hydrogen-bond donors (Lipinski definition) is 1. The minimum atomic E-state index is 0.315. The Morgan fingerprint density at radius 3 is 2.70 bits per heavy atom. The summed E-state index contributed by atoms with van der Waals surface area (Å²) in [5, 5.41) is 6.99. The minimum absolute atomic E-state index is 0.315. The maximum atomic E-state index is 5.46. The predicted molar refractivity (Wildman–Crippen MR) is 89.7 cm³/mol. The van der Waals surface area contributed by atoms with Crippen molar-refractivity contribution in [2.75, 3.05) is 6.79 Å². The molecule has 0 unspecified atom stereocenters. The number of nitrogens with zero attached hydrogens (tertiary/aromatic N) is 1. The van der Waals surface area contributed by atoms with E-state index >= 15 is 0 Å². The fourth-order valence-electron chi connectivity index (χ4n) is 3.40. The van der Waals surface area contributed by atoms with Crippen molar-refractivity contribution in [1.82, 2.24) is 10.3 Å². The van der Waals surface area contributed by atoms with E-state index in [0.717, 1.165) is 52.2 Å². The normalized spacial score (nSPS) is 19.5. The van der Waals surface area contributed by atoms with Crippen LogP contribution in [0.25, 0.3) is 10.6 Å². The molecule has 5 heteroatoms. The third-order valence-corrected chi connectivity index (χ3v) is 5.89. The van der Waals surface area contributed by atoms with Crippen LogP contribution >= 0.6 is 11.3 Å². The number of hydrogen-bond acceptors (Lipinski definition) is 5. The molecule has 120 valence electrons. The van der Waals surface area contributed by atoms with Crippen molar-refractivity contribution in [3.8, 4) is 22.1 Å². The molecular formula is C18H20N2O2S. The second kappa shape index (κ2) is 5.49. The lowest BCUT2D eigenvalue weighted by Crippen LogP contribution is -2.32. The molecule has 0 spiro atoms. The Balaban J connectivity index is 1.28. The molecule has 4 nitrogen and oxygen atoms in total. The summed E-state index contributed by atoms with van der Waals surface area (Å²) < 4.78 is 10.8. The molecule has 0 saturated heterocycles. The van der Waals surface area contributed by atoms with Crippen molar-refractivity contribution in [3.63, 3.8) is 0 Å². The average molecular weight is 328 g/mol. The minimum Gasteiger partial charge on any atom is -0.454 e. The molecule has 2 aromatic rings. The maximum Gasteiger partial charge on any atom is 0.231 e. The molecule has 5 rings (SSSR count). The molecule has 0 bridgehead atoms. The molecule has 23 heavy (non-hydrogen) atoms. The van der Waals surface area contributed by atoms with Crippen LogP contribution in [-0.4, -0.2) is 17.8 Å². The Labute approximate surface area is 139 Å². The lowest BCUT2D eigenvalue weighted by atomic mass is 10.1. The topological polar surface area (TPSA) is 43.4 Å². The molecule has 0 amide bonds. The Kier molecular flexibility index (Phi) is 3.30. The SMILES string of the molecule is c1cc2c(cc1-c1nc(CNC(C3CC3)C3CC3)cs1)OCO2. The maximum absolute atomic E-state index is 5.46. The number of rotatable bonds is 6. The molecule has 1 aromatic heterocycles. The van der Waals surface area contributed by atoms with Crippen LogP contribution in [0, 0.1) is 11.8 Å². The van der Waals surface area contributed by atoms with Gasteiger partial charge in [0.25, 0.3) is 0 Å². The Hall–Kier alpha value is -1.59. The van der Waals surface area contributed by atoms with Crippen LogP contribution in [0.3, 0.4) is 0 Å². The summed E-state index contributed by atoms with van der Waals surface area (Å²) in [5.41, 5.74) is 2.25. The van der Waals surface area contributed by atoms with Crippen LogP contribution in [-0.2, 0) is 6.54 Å². The highest BCUT2D eigenvalue weighted by atomic mass is 32.1. The van der Waals surface area contributed by atoms with E-state index in [1.807, 2.05) is 12.1 Å². The van der Waals surface area contributed by atoms with Gasteiger partial charge in [0.2, 0.25) is 6.79 Å². The first kappa shape index (κ1) is 13.8. The number of ether oxygens (including phenoxy) is 2. The van der Waals surface area contributed by atoms with Gasteiger partial charge in [-0.25, -0.2) is 4.98 Å². The van der Waals surface area contributed by atoms with Gasteiger partial charge in [0.15, 0.2) is 11.5 Å². The first-order valence-corrected chi connectivity index (χ1v) is 9.32. The van der Waals surface area contributed by atoms with Crippen molar-refractivity contribution in [3.05, 3.63) is 29.3 Å². The van der Waals surface area contributed by atoms with E-state index in [2.05, 4.69) is 16.8 Å². The Morgan fingerprint density at radius 1 is 1.13 bits per heavy atom. The average Bonchev–Trinajstić information content (AvgIpc) is 3.49. The number of fused-ring (bicyclic) bond motifs is 1. The van der Waals surface area contributed by atoms with Gasteiger partial charge in [0.05, 0.1) is 5.69 Å². The highest BCUT2D eigenvalue weighted by Gasteiger charge is 2.41. The van der Waals surface area contributed by atoms with Crippen molar-refractivity contribution in [1.29, 1.82) is 0 Å². The third kappa shape index (κ3) is 2.83. The summed E-state index contributed by atoms with van der Waals surface area (Å²) in [6, 6.07) is 6.77. The van der Waals surface area contributed by atoms with Gasteiger partial charge in [-0.2, -0.15) is 0 Å². The van der Waals surface area contributed by atoms with Crippen molar-refractivity contribution < 1.29 is 9.47 Å². The zero-order valence-electron chi connectivity index (χ0n) is 13.0. The van der Waals surface area contributed by atoms with Gasteiger partial charge in [0.1, 0.15) is 5.01 Å². The van der Waals surface area contributed by atoms with E-state index in [1.54, 1.807) is 11.3 Å². The molecule has 0 radical (unpaired) electrons. The van der Waals surface area contributed by atoms with Gasteiger partial charge < -0.3 is 14.8 Å². The van der Waals surface area contributed by atoms with Crippen molar-refractivity contribution in [2.24, 2.45) is 11.8 Å². The molecular weight excluding hydrogens is 308 g/mol. The number of thiazole rings is 1. The highest BCUT2D eigenvalue weighted by molar-refractivity contribution is 7.13. The lowest BCUT2D eigenvalue weighted by molar-refractivity contribution is 0.174. The second-order valence-electron chi connectivity index (χ2n) is 6.79. The summed E-state index contributed by atoms with van der Waals surface area (Å²) in [7, 11) is 0. The van der Waals surface area contributed by atoms with Gasteiger partial charge in [0, 0.05) is 23.5 Å². The molecule has 1 aromatic carbocycles. The fourth-order valence-corrected chi connectivity index (χ4v) is 4.22. The largest absolute Gasteiger partial charge is 0.454 e. The number of benzene rings is 1. The molecule has 2 aliphatic carbocycles.